The van der Waals surface area contributed by atoms with E-state index in [1.807, 2.05) is 7.05 Å². The van der Waals surface area contributed by atoms with Gasteiger partial charge in [0.1, 0.15) is 0 Å². The highest BCUT2D eigenvalue weighted by atomic mass is 32.2. The Hall–Kier alpha value is -0.660. The molecule has 0 saturated heterocycles. The first-order valence-corrected chi connectivity index (χ1v) is 5.80. The van der Waals surface area contributed by atoms with Crippen molar-refractivity contribution in [2.75, 3.05) is 26.0 Å². The van der Waals surface area contributed by atoms with Gasteiger partial charge in [-0.1, -0.05) is 11.8 Å². The molecule has 0 aromatic carbocycles. The van der Waals surface area contributed by atoms with E-state index in [1.54, 1.807) is 23.6 Å². The highest BCUT2D eigenvalue weighted by molar-refractivity contribution is 7.99. The van der Waals surface area contributed by atoms with E-state index in [0.717, 1.165) is 24.1 Å². The standard InChI is InChI=1S/C8H17N5OS/c1-7(6-14-3)9-4-5-15-8-10-11-12-13(8)2/h7,9H,4-6H2,1-3H3. The second-order valence-electron chi connectivity index (χ2n) is 3.24. The first-order valence-electron chi connectivity index (χ1n) is 4.81. The number of tetrazole rings is 1. The van der Waals surface area contributed by atoms with Crippen molar-refractivity contribution in [2.45, 2.75) is 18.1 Å². The molecule has 6 nitrogen and oxygen atoms in total. The summed E-state index contributed by atoms with van der Waals surface area (Å²) in [5, 5.41) is 15.4. The van der Waals surface area contributed by atoms with Crippen LogP contribution in [0.2, 0.25) is 0 Å². The quantitative estimate of drug-likeness (QED) is 0.523. The van der Waals surface area contributed by atoms with Crippen LogP contribution < -0.4 is 5.32 Å². The average Bonchev–Trinajstić information content (AvgIpc) is 2.60. The molecule has 0 bridgehead atoms. The van der Waals surface area contributed by atoms with Crippen LogP contribution in [0.15, 0.2) is 5.16 Å². The third-order valence-electron chi connectivity index (χ3n) is 1.82. The number of methoxy groups -OCH3 is 1. The molecule has 0 spiro atoms. The fourth-order valence-electron chi connectivity index (χ4n) is 1.10. The topological polar surface area (TPSA) is 64.9 Å². The number of thioether (sulfide) groups is 1. The van der Waals surface area contributed by atoms with Gasteiger partial charge in [0.25, 0.3) is 0 Å². The Morgan fingerprint density at radius 3 is 3.00 bits per heavy atom. The van der Waals surface area contributed by atoms with Gasteiger partial charge in [-0.05, 0) is 17.4 Å². The van der Waals surface area contributed by atoms with Crippen molar-refractivity contribution < 1.29 is 4.74 Å². The summed E-state index contributed by atoms with van der Waals surface area (Å²) in [6.07, 6.45) is 0. The SMILES string of the molecule is COCC(C)NCCSc1nnnn1C. The molecular formula is C8H17N5OS. The monoisotopic (exact) mass is 231 g/mol. The van der Waals surface area contributed by atoms with Crippen LogP contribution in [0.1, 0.15) is 6.92 Å². The molecule has 0 fully saturated rings. The predicted molar refractivity (Wildman–Crippen MR) is 58.9 cm³/mol. The summed E-state index contributed by atoms with van der Waals surface area (Å²) in [7, 11) is 3.54. The molecule has 0 aliphatic heterocycles. The summed E-state index contributed by atoms with van der Waals surface area (Å²) < 4.78 is 6.69. The normalized spacial score (nSPS) is 13.0. The molecule has 1 aromatic heterocycles. The lowest BCUT2D eigenvalue weighted by Gasteiger charge is -2.11. The van der Waals surface area contributed by atoms with Gasteiger partial charge in [-0.3, -0.25) is 0 Å². The van der Waals surface area contributed by atoms with Crippen molar-refractivity contribution in [3.63, 3.8) is 0 Å². The van der Waals surface area contributed by atoms with Crippen LogP contribution in [0.3, 0.4) is 0 Å². The van der Waals surface area contributed by atoms with Crippen LogP contribution in [-0.4, -0.2) is 52.3 Å². The molecule has 0 aliphatic carbocycles. The van der Waals surface area contributed by atoms with Crippen LogP contribution >= 0.6 is 11.8 Å². The van der Waals surface area contributed by atoms with Gasteiger partial charge in [0.05, 0.1) is 6.61 Å². The van der Waals surface area contributed by atoms with Crippen molar-refractivity contribution in [3.05, 3.63) is 0 Å². The summed E-state index contributed by atoms with van der Waals surface area (Å²) in [4.78, 5) is 0. The Balaban J connectivity index is 2.09. The maximum Gasteiger partial charge on any atom is 0.209 e. The van der Waals surface area contributed by atoms with E-state index in [0.29, 0.717) is 6.04 Å². The third kappa shape index (κ3) is 4.59. The summed E-state index contributed by atoms with van der Waals surface area (Å²) in [5.74, 6) is 0.947. The second-order valence-corrected chi connectivity index (χ2v) is 4.31. The molecular weight excluding hydrogens is 214 g/mol. The fourth-order valence-corrected chi connectivity index (χ4v) is 1.82. The second kappa shape index (κ2) is 6.76. The predicted octanol–water partition coefficient (Wildman–Crippen LogP) is -0.0733. The maximum atomic E-state index is 5.02. The molecule has 7 heteroatoms. The molecule has 0 amide bonds. The van der Waals surface area contributed by atoms with Crippen molar-refractivity contribution in [1.82, 2.24) is 25.5 Å². The zero-order valence-corrected chi connectivity index (χ0v) is 10.1. The first kappa shape index (κ1) is 12.4. The summed E-state index contributed by atoms with van der Waals surface area (Å²) in [6.45, 7) is 3.75. The lowest BCUT2D eigenvalue weighted by atomic mass is 10.4. The van der Waals surface area contributed by atoms with Crippen LogP contribution in [0.25, 0.3) is 0 Å². The number of nitrogens with one attached hydrogen (secondary N) is 1. The Morgan fingerprint density at radius 2 is 2.40 bits per heavy atom. The maximum absolute atomic E-state index is 5.02. The smallest absolute Gasteiger partial charge is 0.209 e. The zero-order valence-electron chi connectivity index (χ0n) is 9.30. The Morgan fingerprint density at radius 1 is 1.60 bits per heavy atom. The van der Waals surface area contributed by atoms with Gasteiger partial charge in [-0.25, -0.2) is 4.68 Å². The lowest BCUT2D eigenvalue weighted by molar-refractivity contribution is 0.173. The third-order valence-corrected chi connectivity index (χ3v) is 2.84. The van der Waals surface area contributed by atoms with Gasteiger partial charge in [-0.2, -0.15) is 0 Å². The molecule has 1 heterocycles. The van der Waals surface area contributed by atoms with Gasteiger partial charge in [-0.15, -0.1) is 5.10 Å². The molecule has 86 valence electrons. The molecule has 1 unspecified atom stereocenters. The minimum Gasteiger partial charge on any atom is -0.383 e. The van der Waals surface area contributed by atoms with Crippen molar-refractivity contribution in [1.29, 1.82) is 0 Å². The lowest BCUT2D eigenvalue weighted by Crippen LogP contribution is -2.31. The van der Waals surface area contributed by atoms with E-state index in [2.05, 4.69) is 27.8 Å². The van der Waals surface area contributed by atoms with Gasteiger partial charge in [0.15, 0.2) is 0 Å². The van der Waals surface area contributed by atoms with Crippen LogP contribution in [0, 0.1) is 0 Å². The number of aryl methyl sites for hydroxylation is 1. The van der Waals surface area contributed by atoms with Gasteiger partial charge < -0.3 is 10.1 Å². The highest BCUT2D eigenvalue weighted by Gasteiger charge is 2.03. The fraction of sp³-hybridized carbons (Fsp3) is 0.875. The average molecular weight is 231 g/mol. The number of hydrogen-bond acceptors (Lipinski definition) is 6. The molecule has 1 aromatic rings. The molecule has 0 radical (unpaired) electrons. The van der Waals surface area contributed by atoms with E-state index >= 15 is 0 Å². The minimum atomic E-state index is 0.383. The molecule has 0 saturated carbocycles. The minimum absolute atomic E-state index is 0.383. The number of ether oxygens (including phenoxy) is 1. The zero-order chi connectivity index (χ0) is 11.1. The number of hydrogen-bond donors (Lipinski definition) is 1. The van der Waals surface area contributed by atoms with E-state index in [-0.39, 0.29) is 0 Å². The van der Waals surface area contributed by atoms with Crippen molar-refractivity contribution in [2.24, 2.45) is 7.05 Å². The number of nitrogens with zero attached hydrogens (tertiary/aromatic N) is 4. The molecule has 15 heavy (non-hydrogen) atoms. The largest absolute Gasteiger partial charge is 0.383 e. The number of rotatable bonds is 7. The van der Waals surface area contributed by atoms with E-state index < -0.39 is 0 Å². The Labute approximate surface area is 93.8 Å². The molecule has 1 N–H and O–H groups in total. The van der Waals surface area contributed by atoms with Gasteiger partial charge >= 0.3 is 0 Å². The summed E-state index contributed by atoms with van der Waals surface area (Å²) >= 11 is 1.64. The Bertz CT molecular complexity index is 280. The summed E-state index contributed by atoms with van der Waals surface area (Å²) in [5.41, 5.74) is 0. The van der Waals surface area contributed by atoms with Crippen LogP contribution in [0.4, 0.5) is 0 Å². The van der Waals surface area contributed by atoms with Gasteiger partial charge in [0, 0.05) is 32.5 Å². The molecule has 1 atom stereocenters. The van der Waals surface area contributed by atoms with E-state index in [9.17, 15) is 0 Å². The van der Waals surface area contributed by atoms with Crippen LogP contribution in [0.5, 0.6) is 0 Å². The summed E-state index contributed by atoms with van der Waals surface area (Å²) in [6, 6.07) is 0.383. The van der Waals surface area contributed by atoms with E-state index in [4.69, 9.17) is 4.74 Å². The molecule has 0 aliphatic rings. The Kier molecular flexibility index (Phi) is 5.59. The van der Waals surface area contributed by atoms with E-state index in [1.165, 1.54) is 0 Å². The van der Waals surface area contributed by atoms with Crippen LogP contribution in [-0.2, 0) is 11.8 Å². The van der Waals surface area contributed by atoms with Gasteiger partial charge in [0.2, 0.25) is 5.16 Å². The van der Waals surface area contributed by atoms with Crippen molar-refractivity contribution >= 4 is 11.8 Å². The first-order chi connectivity index (χ1) is 7.24. The van der Waals surface area contributed by atoms with Crippen molar-refractivity contribution in [3.8, 4) is 0 Å². The number of aromatic nitrogens is 4. The molecule has 1 rings (SSSR count). The highest BCUT2D eigenvalue weighted by Crippen LogP contribution is 2.10.